The molecular formula is C22H18N4O2. The molecule has 0 fully saturated rings. The van der Waals surface area contributed by atoms with Gasteiger partial charge in [0.25, 0.3) is 5.91 Å². The van der Waals surface area contributed by atoms with E-state index in [-0.39, 0.29) is 11.9 Å². The van der Waals surface area contributed by atoms with E-state index in [9.17, 15) is 4.79 Å². The summed E-state index contributed by atoms with van der Waals surface area (Å²) in [7, 11) is 0. The van der Waals surface area contributed by atoms with Crippen molar-refractivity contribution in [3.8, 4) is 0 Å². The molecule has 1 N–H and O–H groups in total. The number of carbonyl (C=O) groups is 1. The van der Waals surface area contributed by atoms with E-state index >= 15 is 0 Å². The van der Waals surface area contributed by atoms with Gasteiger partial charge in [-0.2, -0.15) is 5.10 Å². The zero-order valence-electron chi connectivity index (χ0n) is 15.5. The third-order valence-electron chi connectivity index (χ3n) is 4.82. The number of amides is 1. The normalized spacial score (nSPS) is 11.7. The van der Waals surface area contributed by atoms with Crippen LogP contribution in [0.15, 0.2) is 65.3 Å². The van der Waals surface area contributed by atoms with Crippen LogP contribution < -0.4 is 5.32 Å². The molecule has 138 valence electrons. The number of hydrogen-bond acceptors (Lipinski definition) is 4. The Bertz CT molecular complexity index is 1350. The lowest BCUT2D eigenvalue weighted by Crippen LogP contribution is -2.12. The Morgan fingerprint density at radius 2 is 1.86 bits per heavy atom. The van der Waals surface area contributed by atoms with Gasteiger partial charge in [0.1, 0.15) is 11.2 Å². The molecule has 28 heavy (non-hydrogen) atoms. The van der Waals surface area contributed by atoms with Gasteiger partial charge in [-0.15, -0.1) is 0 Å². The number of rotatable bonds is 3. The minimum absolute atomic E-state index is 0.209. The quantitative estimate of drug-likeness (QED) is 0.476. The maximum absolute atomic E-state index is 12.7. The molecule has 0 atom stereocenters. The summed E-state index contributed by atoms with van der Waals surface area (Å²) in [6, 6.07) is 15.5. The molecule has 1 amide bonds. The molecule has 0 radical (unpaired) electrons. The van der Waals surface area contributed by atoms with E-state index in [0.29, 0.717) is 11.3 Å². The van der Waals surface area contributed by atoms with Gasteiger partial charge >= 0.3 is 0 Å². The summed E-state index contributed by atoms with van der Waals surface area (Å²) in [6.45, 7) is 4.09. The van der Waals surface area contributed by atoms with Gasteiger partial charge in [0.15, 0.2) is 5.65 Å². The lowest BCUT2D eigenvalue weighted by atomic mass is 10.1. The van der Waals surface area contributed by atoms with Crippen molar-refractivity contribution < 1.29 is 9.21 Å². The van der Waals surface area contributed by atoms with E-state index < -0.39 is 0 Å². The minimum Gasteiger partial charge on any atom is -0.456 e. The largest absolute Gasteiger partial charge is 0.456 e. The first-order chi connectivity index (χ1) is 13.6. The summed E-state index contributed by atoms with van der Waals surface area (Å²) in [5, 5.41) is 10.1. The Morgan fingerprint density at radius 3 is 2.71 bits per heavy atom. The Kier molecular flexibility index (Phi) is 3.65. The highest BCUT2D eigenvalue weighted by Crippen LogP contribution is 2.30. The molecule has 6 nitrogen and oxygen atoms in total. The number of anilines is 1. The Hall–Kier alpha value is -3.67. The highest BCUT2D eigenvalue weighted by molar-refractivity contribution is 6.09. The maximum Gasteiger partial charge on any atom is 0.257 e. The number of furan rings is 1. The average molecular weight is 370 g/mol. The molecule has 0 saturated heterocycles. The number of hydrogen-bond donors (Lipinski definition) is 1. The van der Waals surface area contributed by atoms with Crippen LogP contribution in [0.1, 0.15) is 30.2 Å². The monoisotopic (exact) mass is 370 g/mol. The van der Waals surface area contributed by atoms with Crippen LogP contribution in [0.3, 0.4) is 0 Å². The first-order valence-corrected chi connectivity index (χ1v) is 9.16. The molecule has 0 unspecified atom stereocenters. The lowest BCUT2D eigenvalue weighted by Gasteiger charge is -2.07. The van der Waals surface area contributed by atoms with Crippen molar-refractivity contribution >= 4 is 44.6 Å². The smallest absolute Gasteiger partial charge is 0.257 e. The Balaban J connectivity index is 1.47. The third-order valence-corrected chi connectivity index (χ3v) is 4.82. The number of para-hydroxylation sites is 1. The van der Waals surface area contributed by atoms with Crippen LogP contribution in [0.5, 0.6) is 0 Å². The second-order valence-corrected chi connectivity index (χ2v) is 7.08. The number of carbonyl (C=O) groups excluding carboxylic acids is 1. The fourth-order valence-corrected chi connectivity index (χ4v) is 3.45. The second-order valence-electron chi connectivity index (χ2n) is 7.08. The van der Waals surface area contributed by atoms with E-state index in [0.717, 1.165) is 33.0 Å². The molecule has 3 heterocycles. The van der Waals surface area contributed by atoms with Gasteiger partial charge in [0, 0.05) is 34.1 Å². The molecule has 0 aliphatic heterocycles. The van der Waals surface area contributed by atoms with Crippen LogP contribution in [-0.4, -0.2) is 20.7 Å². The van der Waals surface area contributed by atoms with Crippen LogP contribution in [-0.2, 0) is 0 Å². The highest BCUT2D eigenvalue weighted by atomic mass is 16.3. The molecule has 0 aliphatic rings. The first-order valence-electron chi connectivity index (χ1n) is 9.16. The van der Waals surface area contributed by atoms with Gasteiger partial charge in [0.2, 0.25) is 0 Å². The van der Waals surface area contributed by atoms with Crippen molar-refractivity contribution in [3.63, 3.8) is 0 Å². The summed E-state index contributed by atoms with van der Waals surface area (Å²) in [6.07, 6.45) is 3.33. The summed E-state index contributed by atoms with van der Waals surface area (Å²) in [4.78, 5) is 17.2. The standard InChI is InChI=1S/C22H18N4O2/c1-13(2)26-21-14(12-24-26)9-15(11-23-21)22(27)25-16-7-8-20-18(10-16)17-5-3-4-6-19(17)28-20/h3-13H,1-2H3,(H,25,27). The van der Waals surface area contributed by atoms with Crippen molar-refractivity contribution in [2.75, 3.05) is 5.32 Å². The van der Waals surface area contributed by atoms with Gasteiger partial charge in [0.05, 0.1) is 11.8 Å². The lowest BCUT2D eigenvalue weighted by molar-refractivity contribution is 0.102. The van der Waals surface area contributed by atoms with E-state index in [2.05, 4.69) is 15.4 Å². The van der Waals surface area contributed by atoms with Crippen LogP contribution in [0.2, 0.25) is 0 Å². The molecule has 5 aromatic rings. The third kappa shape index (κ3) is 2.62. The minimum atomic E-state index is -0.209. The fraction of sp³-hybridized carbons (Fsp3) is 0.136. The molecule has 6 heteroatoms. The Labute approximate surface area is 160 Å². The molecule has 3 aromatic heterocycles. The van der Waals surface area contributed by atoms with E-state index in [1.165, 1.54) is 0 Å². The number of nitrogens with zero attached hydrogens (tertiary/aromatic N) is 3. The SMILES string of the molecule is CC(C)n1ncc2cc(C(=O)Nc3ccc4oc5ccccc5c4c3)cnc21. The van der Waals surface area contributed by atoms with Crippen LogP contribution in [0.25, 0.3) is 33.0 Å². The van der Waals surface area contributed by atoms with Gasteiger partial charge in [-0.3, -0.25) is 4.79 Å². The van der Waals surface area contributed by atoms with Crippen molar-refractivity contribution in [2.24, 2.45) is 0 Å². The zero-order chi connectivity index (χ0) is 19.3. The van der Waals surface area contributed by atoms with Gasteiger partial charge in [-0.25, -0.2) is 9.67 Å². The molecular weight excluding hydrogens is 352 g/mol. The van der Waals surface area contributed by atoms with Crippen molar-refractivity contribution in [1.82, 2.24) is 14.8 Å². The van der Waals surface area contributed by atoms with E-state index in [1.807, 2.05) is 67.1 Å². The molecule has 0 bridgehead atoms. The van der Waals surface area contributed by atoms with Crippen LogP contribution >= 0.6 is 0 Å². The molecule has 2 aromatic carbocycles. The average Bonchev–Trinajstić information content (AvgIpc) is 3.28. The molecule has 0 aliphatic carbocycles. The predicted octanol–water partition coefficient (Wildman–Crippen LogP) is 5.16. The highest BCUT2D eigenvalue weighted by Gasteiger charge is 2.13. The van der Waals surface area contributed by atoms with Crippen molar-refractivity contribution in [1.29, 1.82) is 0 Å². The number of benzene rings is 2. The van der Waals surface area contributed by atoms with Crippen molar-refractivity contribution in [3.05, 3.63) is 66.5 Å². The summed E-state index contributed by atoms with van der Waals surface area (Å²) in [5.41, 5.74) is 3.61. The van der Waals surface area contributed by atoms with E-state index in [4.69, 9.17) is 4.42 Å². The van der Waals surface area contributed by atoms with E-state index in [1.54, 1.807) is 12.4 Å². The molecule has 0 saturated carbocycles. The Morgan fingerprint density at radius 1 is 1.04 bits per heavy atom. The van der Waals surface area contributed by atoms with Crippen molar-refractivity contribution in [2.45, 2.75) is 19.9 Å². The van der Waals surface area contributed by atoms with Crippen LogP contribution in [0, 0.1) is 0 Å². The van der Waals surface area contributed by atoms with Gasteiger partial charge in [-0.1, -0.05) is 18.2 Å². The van der Waals surface area contributed by atoms with Crippen LogP contribution in [0.4, 0.5) is 5.69 Å². The number of fused-ring (bicyclic) bond motifs is 4. The first kappa shape index (κ1) is 16.5. The summed E-state index contributed by atoms with van der Waals surface area (Å²) < 4.78 is 7.68. The maximum atomic E-state index is 12.7. The second kappa shape index (κ2) is 6.20. The number of pyridine rings is 1. The number of aromatic nitrogens is 3. The fourth-order valence-electron chi connectivity index (χ4n) is 3.45. The summed E-state index contributed by atoms with van der Waals surface area (Å²) >= 11 is 0. The topological polar surface area (TPSA) is 73.0 Å². The van der Waals surface area contributed by atoms with Gasteiger partial charge < -0.3 is 9.73 Å². The predicted molar refractivity (Wildman–Crippen MR) is 110 cm³/mol. The summed E-state index contributed by atoms with van der Waals surface area (Å²) in [5.74, 6) is -0.209. The number of nitrogens with one attached hydrogen (secondary N) is 1. The zero-order valence-corrected chi connectivity index (χ0v) is 15.5. The van der Waals surface area contributed by atoms with Gasteiger partial charge in [-0.05, 0) is 44.2 Å². The molecule has 0 spiro atoms. The molecule has 5 rings (SSSR count).